The topological polar surface area (TPSA) is 24.5 Å². The first-order valence-corrected chi connectivity index (χ1v) is 7.35. The van der Waals surface area contributed by atoms with Crippen molar-refractivity contribution in [1.29, 1.82) is 0 Å². The van der Waals surface area contributed by atoms with Crippen molar-refractivity contribution in [3.8, 4) is 5.75 Å². The number of hydrogen-bond donors (Lipinski definition) is 1. The van der Waals surface area contributed by atoms with Gasteiger partial charge in [0.2, 0.25) is 0 Å². The molecule has 106 valence electrons. The summed E-state index contributed by atoms with van der Waals surface area (Å²) in [6.45, 7) is 11.7. The van der Waals surface area contributed by atoms with Gasteiger partial charge in [-0.3, -0.25) is 0 Å². The lowest BCUT2D eigenvalue weighted by atomic mass is 9.99. The lowest BCUT2D eigenvalue weighted by Gasteiger charge is -2.42. The zero-order valence-corrected chi connectivity index (χ0v) is 12.5. The number of nitrogens with zero attached hydrogens (tertiary/aromatic N) is 1. The van der Waals surface area contributed by atoms with Crippen molar-refractivity contribution < 1.29 is 4.74 Å². The fourth-order valence-corrected chi connectivity index (χ4v) is 2.64. The molecule has 0 amide bonds. The highest BCUT2D eigenvalue weighted by atomic mass is 16.5. The Morgan fingerprint density at radius 2 is 2.11 bits per heavy atom. The van der Waals surface area contributed by atoms with Crippen molar-refractivity contribution in [2.24, 2.45) is 5.92 Å². The SMILES string of the molecule is CCOc1ccccc1N1CC(C(C)C)NCC1C. The van der Waals surface area contributed by atoms with Crippen LogP contribution in [0.3, 0.4) is 0 Å². The van der Waals surface area contributed by atoms with Gasteiger partial charge in [0.05, 0.1) is 12.3 Å². The van der Waals surface area contributed by atoms with E-state index in [2.05, 4.69) is 49.2 Å². The van der Waals surface area contributed by atoms with Crippen LogP contribution in [-0.4, -0.2) is 31.8 Å². The van der Waals surface area contributed by atoms with Gasteiger partial charge < -0.3 is 15.0 Å². The van der Waals surface area contributed by atoms with Gasteiger partial charge in [-0.25, -0.2) is 0 Å². The number of ether oxygens (including phenoxy) is 1. The molecule has 3 heteroatoms. The summed E-state index contributed by atoms with van der Waals surface area (Å²) in [5.41, 5.74) is 1.23. The van der Waals surface area contributed by atoms with Crippen LogP contribution >= 0.6 is 0 Å². The first-order valence-electron chi connectivity index (χ1n) is 7.35. The molecule has 1 aromatic rings. The minimum Gasteiger partial charge on any atom is -0.492 e. The van der Waals surface area contributed by atoms with Crippen LogP contribution in [0.15, 0.2) is 24.3 Å². The maximum atomic E-state index is 5.77. The van der Waals surface area contributed by atoms with Crippen LogP contribution in [0.2, 0.25) is 0 Å². The van der Waals surface area contributed by atoms with Crippen molar-refractivity contribution in [3.05, 3.63) is 24.3 Å². The largest absolute Gasteiger partial charge is 0.492 e. The van der Waals surface area contributed by atoms with Crippen LogP contribution in [0.1, 0.15) is 27.7 Å². The average Bonchev–Trinajstić information content (AvgIpc) is 2.40. The summed E-state index contributed by atoms with van der Waals surface area (Å²) >= 11 is 0. The van der Waals surface area contributed by atoms with Crippen molar-refractivity contribution in [1.82, 2.24) is 5.32 Å². The predicted octanol–water partition coefficient (Wildman–Crippen LogP) is 2.91. The molecule has 19 heavy (non-hydrogen) atoms. The van der Waals surface area contributed by atoms with Crippen molar-refractivity contribution in [2.45, 2.75) is 39.8 Å². The minimum atomic E-state index is 0.497. The average molecular weight is 262 g/mol. The molecule has 1 saturated heterocycles. The molecule has 1 N–H and O–H groups in total. The van der Waals surface area contributed by atoms with Gasteiger partial charge >= 0.3 is 0 Å². The highest BCUT2D eigenvalue weighted by Gasteiger charge is 2.28. The molecule has 2 rings (SSSR count). The van der Waals surface area contributed by atoms with Crippen molar-refractivity contribution >= 4 is 5.69 Å². The number of benzene rings is 1. The Labute approximate surface area is 116 Å². The molecule has 1 aliphatic rings. The van der Waals surface area contributed by atoms with Gasteiger partial charge in [0, 0.05) is 25.2 Å². The minimum absolute atomic E-state index is 0.497. The summed E-state index contributed by atoms with van der Waals surface area (Å²) in [7, 11) is 0. The second-order valence-corrected chi connectivity index (χ2v) is 5.66. The monoisotopic (exact) mass is 262 g/mol. The molecule has 3 nitrogen and oxygen atoms in total. The van der Waals surface area contributed by atoms with Crippen LogP contribution in [0.5, 0.6) is 5.75 Å². The maximum absolute atomic E-state index is 5.77. The van der Waals surface area contributed by atoms with Gasteiger partial charge in [-0.1, -0.05) is 26.0 Å². The van der Waals surface area contributed by atoms with Gasteiger partial charge in [-0.2, -0.15) is 0 Å². The standard InChI is InChI=1S/C16H26N2O/c1-5-19-16-9-7-6-8-15(16)18-11-14(12(2)3)17-10-13(18)4/h6-9,12-14,17H,5,10-11H2,1-4H3. The Morgan fingerprint density at radius 1 is 1.37 bits per heavy atom. The molecule has 0 radical (unpaired) electrons. The highest BCUT2D eigenvalue weighted by Crippen LogP contribution is 2.31. The Kier molecular flexibility index (Phi) is 4.70. The van der Waals surface area contributed by atoms with Gasteiger partial charge in [0.1, 0.15) is 5.75 Å². The van der Waals surface area contributed by atoms with Gasteiger partial charge in [0.25, 0.3) is 0 Å². The van der Waals surface area contributed by atoms with E-state index in [1.807, 2.05) is 13.0 Å². The van der Waals surface area contributed by atoms with Crippen molar-refractivity contribution in [3.63, 3.8) is 0 Å². The van der Waals surface area contributed by atoms with E-state index in [0.29, 0.717) is 24.6 Å². The first-order chi connectivity index (χ1) is 9.13. The second-order valence-electron chi connectivity index (χ2n) is 5.66. The summed E-state index contributed by atoms with van der Waals surface area (Å²) in [5.74, 6) is 1.65. The zero-order chi connectivity index (χ0) is 13.8. The van der Waals surface area contributed by atoms with E-state index in [4.69, 9.17) is 4.74 Å². The molecule has 0 aromatic heterocycles. The van der Waals surface area contributed by atoms with E-state index in [1.54, 1.807) is 0 Å². The van der Waals surface area contributed by atoms with Crippen LogP contribution in [-0.2, 0) is 0 Å². The summed E-state index contributed by atoms with van der Waals surface area (Å²) in [6.07, 6.45) is 0. The Morgan fingerprint density at radius 3 is 2.79 bits per heavy atom. The van der Waals surface area contributed by atoms with Gasteiger partial charge in [-0.05, 0) is 31.9 Å². The van der Waals surface area contributed by atoms with Crippen LogP contribution in [0.4, 0.5) is 5.69 Å². The molecule has 0 bridgehead atoms. The maximum Gasteiger partial charge on any atom is 0.142 e. The molecule has 0 aliphatic carbocycles. The third kappa shape index (κ3) is 3.21. The van der Waals surface area contributed by atoms with Crippen LogP contribution < -0.4 is 15.0 Å². The lowest BCUT2D eigenvalue weighted by Crippen LogP contribution is -2.57. The number of piperazine rings is 1. The predicted molar refractivity (Wildman–Crippen MR) is 81.0 cm³/mol. The molecule has 1 heterocycles. The Hall–Kier alpha value is -1.22. The number of para-hydroxylation sites is 2. The summed E-state index contributed by atoms with van der Waals surface area (Å²) in [5, 5.41) is 3.64. The third-order valence-electron chi connectivity index (χ3n) is 3.88. The third-order valence-corrected chi connectivity index (χ3v) is 3.88. The Balaban J connectivity index is 2.23. The first kappa shape index (κ1) is 14.2. The van der Waals surface area contributed by atoms with E-state index in [-0.39, 0.29) is 0 Å². The molecular weight excluding hydrogens is 236 g/mol. The highest BCUT2D eigenvalue weighted by molar-refractivity contribution is 5.59. The fourth-order valence-electron chi connectivity index (χ4n) is 2.64. The number of anilines is 1. The Bertz CT molecular complexity index is 405. The second kappa shape index (κ2) is 6.29. The molecule has 2 atom stereocenters. The molecule has 0 saturated carbocycles. The smallest absolute Gasteiger partial charge is 0.142 e. The fraction of sp³-hybridized carbons (Fsp3) is 0.625. The molecule has 0 spiro atoms. The van der Waals surface area contributed by atoms with E-state index in [9.17, 15) is 0 Å². The number of nitrogens with one attached hydrogen (secondary N) is 1. The van der Waals surface area contributed by atoms with Crippen molar-refractivity contribution in [2.75, 3.05) is 24.6 Å². The van der Waals surface area contributed by atoms with Crippen LogP contribution in [0, 0.1) is 5.92 Å². The van der Waals surface area contributed by atoms with Gasteiger partial charge in [-0.15, -0.1) is 0 Å². The van der Waals surface area contributed by atoms with Gasteiger partial charge in [0.15, 0.2) is 0 Å². The molecule has 1 aliphatic heterocycles. The number of hydrogen-bond acceptors (Lipinski definition) is 3. The quantitative estimate of drug-likeness (QED) is 0.903. The molecule has 1 aromatic carbocycles. The number of rotatable bonds is 4. The molecular formula is C16H26N2O. The van der Waals surface area contributed by atoms with E-state index in [0.717, 1.165) is 18.8 Å². The summed E-state index contributed by atoms with van der Waals surface area (Å²) in [4.78, 5) is 2.48. The van der Waals surface area contributed by atoms with Crippen LogP contribution in [0.25, 0.3) is 0 Å². The zero-order valence-electron chi connectivity index (χ0n) is 12.5. The van der Waals surface area contributed by atoms with E-state index in [1.165, 1.54) is 5.69 Å². The van der Waals surface area contributed by atoms with E-state index < -0.39 is 0 Å². The summed E-state index contributed by atoms with van der Waals surface area (Å²) < 4.78 is 5.77. The lowest BCUT2D eigenvalue weighted by molar-refractivity contribution is 0.322. The molecule has 1 fully saturated rings. The molecule has 2 unspecified atom stereocenters. The normalized spacial score (nSPS) is 23.7. The van der Waals surface area contributed by atoms with E-state index >= 15 is 0 Å². The summed E-state index contributed by atoms with van der Waals surface area (Å²) in [6, 6.07) is 9.42.